The number of carbonyl (C=O) groups excluding carboxylic acids is 2. The predicted molar refractivity (Wildman–Crippen MR) is 94.1 cm³/mol. The highest BCUT2D eigenvalue weighted by atomic mass is 16.2. The van der Waals surface area contributed by atoms with Crippen LogP contribution in [0.2, 0.25) is 0 Å². The number of rotatable bonds is 6. The molecule has 0 heterocycles. The van der Waals surface area contributed by atoms with Crippen LogP contribution in [0.3, 0.4) is 0 Å². The Labute approximate surface area is 140 Å². The first-order valence-electron chi connectivity index (χ1n) is 8.05. The summed E-state index contributed by atoms with van der Waals surface area (Å²) in [4.78, 5) is 25.7. The second kappa shape index (κ2) is 7.16. The van der Waals surface area contributed by atoms with Crippen LogP contribution in [0, 0.1) is 5.41 Å². The number of amides is 2. The fraction of sp³-hybridized carbons (Fsp3) is 0.579. The third-order valence-corrected chi connectivity index (χ3v) is 4.68. The highest BCUT2D eigenvalue weighted by Crippen LogP contribution is 2.30. The fourth-order valence-electron chi connectivity index (χ4n) is 2.62. The third kappa shape index (κ3) is 4.57. The van der Waals surface area contributed by atoms with Gasteiger partial charge in [0.1, 0.15) is 6.04 Å². The molecule has 0 spiro atoms. The molecule has 1 aromatic rings. The van der Waals surface area contributed by atoms with E-state index < -0.39 is 11.5 Å². The first-order valence-corrected chi connectivity index (χ1v) is 8.05. The molecule has 0 aliphatic heterocycles. The smallest absolute Gasteiger partial charge is 0.243 e. The minimum absolute atomic E-state index is 0.00382. The maximum Gasteiger partial charge on any atom is 0.243 e. The first kappa shape index (κ1) is 19.2. The van der Waals surface area contributed by atoms with E-state index in [9.17, 15) is 9.59 Å². The Morgan fingerprint density at radius 3 is 2.09 bits per heavy atom. The summed E-state index contributed by atoms with van der Waals surface area (Å²) < 4.78 is 0. The molecule has 1 N–H and O–H groups in total. The molecule has 0 fully saturated rings. The van der Waals surface area contributed by atoms with Gasteiger partial charge >= 0.3 is 0 Å². The molecule has 4 heteroatoms. The average Bonchev–Trinajstić information content (AvgIpc) is 2.46. The van der Waals surface area contributed by atoms with Gasteiger partial charge in [0.2, 0.25) is 12.3 Å². The van der Waals surface area contributed by atoms with Crippen LogP contribution in [0.1, 0.15) is 47.1 Å². The van der Waals surface area contributed by atoms with E-state index in [4.69, 9.17) is 0 Å². The SMILES string of the molecule is CC(NC(=O)C(N(C)C=O)C(C)(C)c1ccccc1)C(C)(C)C. The number of nitrogens with zero attached hydrogens (tertiary/aromatic N) is 1. The topological polar surface area (TPSA) is 49.4 Å². The number of nitrogens with one attached hydrogen (secondary N) is 1. The lowest BCUT2D eigenvalue weighted by Crippen LogP contribution is -2.57. The zero-order chi connectivity index (χ0) is 17.8. The molecule has 0 radical (unpaired) electrons. The lowest BCUT2D eigenvalue weighted by Gasteiger charge is -2.39. The van der Waals surface area contributed by atoms with Crippen LogP contribution in [-0.4, -0.2) is 36.3 Å². The molecule has 0 saturated carbocycles. The van der Waals surface area contributed by atoms with Gasteiger partial charge in [0.15, 0.2) is 0 Å². The van der Waals surface area contributed by atoms with Crippen molar-refractivity contribution in [3.8, 4) is 0 Å². The van der Waals surface area contributed by atoms with Crippen molar-refractivity contribution < 1.29 is 9.59 Å². The monoisotopic (exact) mass is 318 g/mol. The van der Waals surface area contributed by atoms with E-state index in [2.05, 4.69) is 26.1 Å². The van der Waals surface area contributed by atoms with Crippen molar-refractivity contribution in [1.82, 2.24) is 10.2 Å². The summed E-state index contributed by atoms with van der Waals surface area (Å²) in [5, 5.41) is 3.07. The molecule has 0 bridgehead atoms. The summed E-state index contributed by atoms with van der Waals surface area (Å²) in [5.41, 5.74) is 0.479. The largest absolute Gasteiger partial charge is 0.351 e. The molecule has 2 unspecified atom stereocenters. The van der Waals surface area contributed by atoms with Crippen LogP contribution in [0.25, 0.3) is 0 Å². The third-order valence-electron chi connectivity index (χ3n) is 4.68. The first-order chi connectivity index (χ1) is 10.5. The van der Waals surface area contributed by atoms with Crippen molar-refractivity contribution in [2.45, 2.75) is 59.0 Å². The van der Waals surface area contributed by atoms with E-state index in [1.54, 1.807) is 7.05 Å². The number of hydrogen-bond donors (Lipinski definition) is 1. The molecule has 2 amide bonds. The summed E-state index contributed by atoms with van der Waals surface area (Å²) >= 11 is 0. The molecule has 128 valence electrons. The zero-order valence-electron chi connectivity index (χ0n) is 15.4. The summed E-state index contributed by atoms with van der Waals surface area (Å²) in [6.07, 6.45) is 0.719. The standard InChI is InChI=1S/C19H30N2O2/c1-14(18(2,3)4)20-17(23)16(21(7)13-22)19(5,6)15-11-9-8-10-12-15/h8-14,16H,1-7H3,(H,20,23). The van der Waals surface area contributed by atoms with E-state index in [1.807, 2.05) is 51.1 Å². The molecule has 0 aliphatic rings. The Hall–Kier alpha value is -1.84. The van der Waals surface area contributed by atoms with Crippen LogP contribution in [0.5, 0.6) is 0 Å². The Balaban J connectivity index is 3.15. The summed E-state index contributed by atoms with van der Waals surface area (Å²) in [7, 11) is 1.66. The van der Waals surface area contributed by atoms with Gasteiger partial charge in [-0.2, -0.15) is 0 Å². The Morgan fingerprint density at radius 2 is 1.65 bits per heavy atom. The second-order valence-electron chi connectivity index (χ2n) is 7.86. The highest BCUT2D eigenvalue weighted by molar-refractivity contribution is 5.85. The van der Waals surface area contributed by atoms with Gasteiger partial charge in [0.05, 0.1) is 0 Å². The van der Waals surface area contributed by atoms with E-state index in [0.29, 0.717) is 0 Å². The van der Waals surface area contributed by atoms with Gasteiger partial charge in [-0.25, -0.2) is 0 Å². The van der Waals surface area contributed by atoms with Crippen molar-refractivity contribution in [1.29, 1.82) is 0 Å². The van der Waals surface area contributed by atoms with Crippen molar-refractivity contribution >= 4 is 12.3 Å². The molecule has 1 rings (SSSR count). The predicted octanol–water partition coefficient (Wildman–Crippen LogP) is 2.97. The molecule has 0 aromatic heterocycles. The maximum atomic E-state index is 12.9. The normalized spacial score (nSPS) is 14.7. The van der Waals surface area contributed by atoms with Gasteiger partial charge in [-0.05, 0) is 17.9 Å². The summed E-state index contributed by atoms with van der Waals surface area (Å²) in [6, 6.07) is 9.25. The number of carbonyl (C=O) groups is 2. The molecule has 0 saturated heterocycles. The highest BCUT2D eigenvalue weighted by Gasteiger charge is 2.40. The number of benzene rings is 1. The minimum Gasteiger partial charge on any atom is -0.351 e. The van der Waals surface area contributed by atoms with Crippen LogP contribution >= 0.6 is 0 Å². The van der Waals surface area contributed by atoms with Crippen molar-refractivity contribution in [3.63, 3.8) is 0 Å². The van der Waals surface area contributed by atoms with E-state index >= 15 is 0 Å². The number of hydrogen-bond acceptors (Lipinski definition) is 2. The number of likely N-dealkylation sites (N-methyl/N-ethyl adjacent to an activating group) is 1. The lowest BCUT2D eigenvalue weighted by molar-refractivity contribution is -0.135. The van der Waals surface area contributed by atoms with Crippen LogP contribution < -0.4 is 5.32 Å². The maximum absolute atomic E-state index is 12.9. The molecule has 2 atom stereocenters. The Kier molecular flexibility index (Phi) is 5.98. The van der Waals surface area contributed by atoms with E-state index in [0.717, 1.165) is 12.0 Å². The van der Waals surface area contributed by atoms with Crippen LogP contribution in [0.15, 0.2) is 30.3 Å². The second-order valence-corrected chi connectivity index (χ2v) is 7.86. The van der Waals surface area contributed by atoms with Crippen LogP contribution in [-0.2, 0) is 15.0 Å². The summed E-state index contributed by atoms with van der Waals surface area (Å²) in [6.45, 7) is 12.2. The average molecular weight is 318 g/mol. The van der Waals surface area contributed by atoms with Gasteiger partial charge < -0.3 is 10.2 Å². The van der Waals surface area contributed by atoms with Crippen LogP contribution in [0.4, 0.5) is 0 Å². The minimum atomic E-state index is -0.577. The van der Waals surface area contributed by atoms with Gasteiger partial charge in [0, 0.05) is 18.5 Å². The van der Waals surface area contributed by atoms with Gasteiger partial charge in [-0.1, -0.05) is 65.0 Å². The Bertz CT molecular complexity index is 532. The molecular weight excluding hydrogens is 288 g/mol. The molecular formula is C19H30N2O2. The van der Waals surface area contributed by atoms with Crippen molar-refractivity contribution in [2.24, 2.45) is 5.41 Å². The lowest BCUT2D eigenvalue weighted by atomic mass is 9.76. The summed E-state index contributed by atoms with van der Waals surface area (Å²) in [5.74, 6) is -0.129. The van der Waals surface area contributed by atoms with Gasteiger partial charge in [-0.3, -0.25) is 9.59 Å². The van der Waals surface area contributed by atoms with Crippen molar-refractivity contribution in [3.05, 3.63) is 35.9 Å². The van der Waals surface area contributed by atoms with Gasteiger partial charge in [-0.15, -0.1) is 0 Å². The molecule has 23 heavy (non-hydrogen) atoms. The quantitative estimate of drug-likeness (QED) is 0.820. The van der Waals surface area contributed by atoms with Gasteiger partial charge in [0.25, 0.3) is 0 Å². The van der Waals surface area contributed by atoms with Crippen molar-refractivity contribution in [2.75, 3.05) is 7.05 Å². The molecule has 4 nitrogen and oxygen atoms in total. The Morgan fingerprint density at radius 1 is 1.13 bits per heavy atom. The molecule has 0 aliphatic carbocycles. The fourth-order valence-corrected chi connectivity index (χ4v) is 2.62. The van der Waals surface area contributed by atoms with E-state index in [-0.39, 0.29) is 17.4 Å². The van der Waals surface area contributed by atoms with E-state index in [1.165, 1.54) is 4.90 Å². The zero-order valence-corrected chi connectivity index (χ0v) is 15.4. The molecule has 1 aromatic carbocycles.